The van der Waals surface area contributed by atoms with Crippen LogP contribution in [0.25, 0.3) is 0 Å². The summed E-state index contributed by atoms with van der Waals surface area (Å²) in [4.78, 5) is 12.0. The number of halogens is 4. The highest BCUT2D eigenvalue weighted by Gasteiger charge is 2.61. The van der Waals surface area contributed by atoms with Crippen LogP contribution in [0.5, 0.6) is 0 Å². The molecule has 1 unspecified atom stereocenters. The molecule has 1 aliphatic heterocycles. The van der Waals surface area contributed by atoms with E-state index in [9.17, 15) is 18.0 Å². The van der Waals surface area contributed by atoms with E-state index in [0.717, 1.165) is 0 Å². The van der Waals surface area contributed by atoms with Gasteiger partial charge in [0.05, 0.1) is 0 Å². The maximum Gasteiger partial charge on any atom is 0.404 e. The minimum Gasteiger partial charge on any atom is -0.325 e. The van der Waals surface area contributed by atoms with Crippen molar-refractivity contribution in [2.24, 2.45) is 5.41 Å². The second-order valence-corrected chi connectivity index (χ2v) is 5.39. The summed E-state index contributed by atoms with van der Waals surface area (Å²) in [6.45, 7) is -0.193. The Labute approximate surface area is 116 Å². The maximum atomic E-state index is 13.1. The van der Waals surface area contributed by atoms with Crippen molar-refractivity contribution in [2.75, 3.05) is 18.4 Å². The molecule has 19 heavy (non-hydrogen) atoms. The topological polar surface area (TPSA) is 41.1 Å². The number of anilines is 1. The van der Waals surface area contributed by atoms with Gasteiger partial charge < -0.3 is 10.6 Å². The summed E-state index contributed by atoms with van der Waals surface area (Å²) in [5.41, 5.74) is -2.00. The third-order valence-corrected chi connectivity index (χ3v) is 3.71. The number of carbonyl (C=O) groups excluding carboxylic acids is 1. The lowest BCUT2D eigenvalue weighted by Crippen LogP contribution is -2.49. The molecular formula is C12H12BrF3N2O. The van der Waals surface area contributed by atoms with E-state index in [1.807, 2.05) is 0 Å². The monoisotopic (exact) mass is 336 g/mol. The average molecular weight is 337 g/mol. The largest absolute Gasteiger partial charge is 0.404 e. The third-order valence-electron chi connectivity index (χ3n) is 3.22. The molecule has 1 aromatic rings. The molecule has 1 aromatic carbocycles. The Morgan fingerprint density at radius 3 is 2.68 bits per heavy atom. The molecule has 7 heteroatoms. The highest BCUT2D eigenvalue weighted by atomic mass is 79.9. The molecule has 3 nitrogen and oxygen atoms in total. The van der Waals surface area contributed by atoms with Crippen molar-refractivity contribution in [1.82, 2.24) is 5.32 Å². The van der Waals surface area contributed by atoms with Gasteiger partial charge in [0.2, 0.25) is 5.91 Å². The Morgan fingerprint density at radius 1 is 1.42 bits per heavy atom. The lowest BCUT2D eigenvalue weighted by Gasteiger charge is -2.29. The van der Waals surface area contributed by atoms with Gasteiger partial charge in [0.25, 0.3) is 0 Å². The molecule has 0 bridgehead atoms. The Balaban J connectivity index is 2.22. The van der Waals surface area contributed by atoms with E-state index < -0.39 is 17.5 Å². The Kier molecular flexibility index (Phi) is 3.87. The molecule has 0 aromatic heterocycles. The van der Waals surface area contributed by atoms with E-state index in [1.165, 1.54) is 0 Å². The number of nitrogens with one attached hydrogen (secondary N) is 2. The number of amides is 1. The predicted molar refractivity (Wildman–Crippen MR) is 68.7 cm³/mol. The zero-order valence-corrected chi connectivity index (χ0v) is 11.4. The smallest absolute Gasteiger partial charge is 0.325 e. The quantitative estimate of drug-likeness (QED) is 0.871. The molecular weight excluding hydrogens is 325 g/mol. The van der Waals surface area contributed by atoms with Crippen LogP contribution < -0.4 is 10.6 Å². The number of hydrogen-bond acceptors (Lipinski definition) is 2. The summed E-state index contributed by atoms with van der Waals surface area (Å²) in [7, 11) is 0. The highest BCUT2D eigenvalue weighted by Crippen LogP contribution is 2.43. The van der Waals surface area contributed by atoms with Gasteiger partial charge in [0.15, 0.2) is 5.41 Å². The molecule has 1 saturated heterocycles. The van der Waals surface area contributed by atoms with Crippen molar-refractivity contribution in [3.63, 3.8) is 0 Å². The van der Waals surface area contributed by atoms with Crippen LogP contribution in [-0.4, -0.2) is 25.2 Å². The van der Waals surface area contributed by atoms with Gasteiger partial charge in [-0.2, -0.15) is 13.2 Å². The predicted octanol–water partition coefficient (Wildman–Crippen LogP) is 2.93. The van der Waals surface area contributed by atoms with Crippen molar-refractivity contribution >= 4 is 27.5 Å². The molecule has 104 valence electrons. The van der Waals surface area contributed by atoms with Crippen LogP contribution in [0.3, 0.4) is 0 Å². The number of alkyl halides is 3. The Hall–Kier alpha value is -1.08. The second-order valence-electron chi connectivity index (χ2n) is 4.47. The number of benzene rings is 1. The van der Waals surface area contributed by atoms with Gasteiger partial charge in [0, 0.05) is 16.7 Å². The summed E-state index contributed by atoms with van der Waals surface area (Å²) >= 11 is 3.20. The zero-order valence-electron chi connectivity index (χ0n) is 9.85. The molecule has 0 saturated carbocycles. The van der Waals surface area contributed by atoms with Gasteiger partial charge in [-0.1, -0.05) is 22.0 Å². The normalized spacial score (nSPS) is 23.4. The molecule has 1 heterocycles. The fraction of sp³-hybridized carbons (Fsp3) is 0.417. The van der Waals surface area contributed by atoms with E-state index in [0.29, 0.717) is 10.2 Å². The van der Waals surface area contributed by atoms with Crippen molar-refractivity contribution in [1.29, 1.82) is 0 Å². The van der Waals surface area contributed by atoms with Gasteiger partial charge in [-0.3, -0.25) is 4.79 Å². The van der Waals surface area contributed by atoms with Gasteiger partial charge >= 0.3 is 6.18 Å². The van der Waals surface area contributed by atoms with Crippen molar-refractivity contribution in [2.45, 2.75) is 12.6 Å². The van der Waals surface area contributed by atoms with Gasteiger partial charge in [-0.15, -0.1) is 0 Å². The Morgan fingerprint density at radius 2 is 2.16 bits per heavy atom. The van der Waals surface area contributed by atoms with Gasteiger partial charge in [-0.05, 0) is 31.2 Å². The van der Waals surface area contributed by atoms with Crippen LogP contribution in [0.1, 0.15) is 6.42 Å². The highest BCUT2D eigenvalue weighted by molar-refractivity contribution is 9.10. The molecule has 1 atom stereocenters. The van der Waals surface area contributed by atoms with E-state index in [2.05, 4.69) is 26.6 Å². The lowest BCUT2D eigenvalue weighted by atomic mass is 9.85. The molecule has 1 aliphatic rings. The van der Waals surface area contributed by atoms with E-state index in [4.69, 9.17) is 0 Å². The number of rotatable bonds is 2. The number of carbonyl (C=O) groups is 1. The molecule has 2 N–H and O–H groups in total. The van der Waals surface area contributed by atoms with Crippen LogP contribution >= 0.6 is 15.9 Å². The summed E-state index contributed by atoms with van der Waals surface area (Å²) < 4.78 is 40.1. The molecule has 2 rings (SSSR count). The molecule has 0 aliphatic carbocycles. The van der Waals surface area contributed by atoms with E-state index >= 15 is 0 Å². The summed E-state index contributed by atoms with van der Waals surface area (Å²) in [5.74, 6) is -1.01. The first-order valence-corrected chi connectivity index (χ1v) is 6.49. The van der Waals surface area contributed by atoms with Crippen LogP contribution in [-0.2, 0) is 4.79 Å². The minimum atomic E-state index is -4.56. The van der Waals surface area contributed by atoms with Crippen LogP contribution in [0.2, 0.25) is 0 Å². The SMILES string of the molecule is O=C(Nc1cccc(Br)c1)C1(C(F)(F)F)CCNC1. The molecule has 1 amide bonds. The maximum absolute atomic E-state index is 13.1. The van der Waals surface area contributed by atoms with Crippen LogP contribution in [0.4, 0.5) is 18.9 Å². The van der Waals surface area contributed by atoms with E-state index in [1.54, 1.807) is 24.3 Å². The number of hydrogen-bond donors (Lipinski definition) is 2. The summed E-state index contributed by atoms with van der Waals surface area (Å²) in [6, 6.07) is 6.48. The van der Waals surface area contributed by atoms with Crippen LogP contribution in [0, 0.1) is 5.41 Å². The van der Waals surface area contributed by atoms with Crippen molar-refractivity contribution in [3.8, 4) is 0 Å². The first-order chi connectivity index (χ1) is 8.85. The summed E-state index contributed by atoms with van der Waals surface area (Å²) in [6.07, 6.45) is -4.80. The second kappa shape index (κ2) is 5.13. The Bertz CT molecular complexity index is 484. The summed E-state index contributed by atoms with van der Waals surface area (Å²) in [5, 5.41) is 4.95. The van der Waals surface area contributed by atoms with Crippen molar-refractivity contribution < 1.29 is 18.0 Å². The fourth-order valence-electron chi connectivity index (χ4n) is 2.07. The third kappa shape index (κ3) is 2.76. The van der Waals surface area contributed by atoms with Crippen molar-refractivity contribution in [3.05, 3.63) is 28.7 Å². The molecule has 0 radical (unpaired) electrons. The van der Waals surface area contributed by atoms with E-state index in [-0.39, 0.29) is 19.5 Å². The minimum absolute atomic E-state index is 0.186. The average Bonchev–Trinajstić information content (AvgIpc) is 2.78. The first kappa shape index (κ1) is 14.3. The van der Waals surface area contributed by atoms with Crippen LogP contribution in [0.15, 0.2) is 28.7 Å². The van der Waals surface area contributed by atoms with Gasteiger partial charge in [-0.25, -0.2) is 0 Å². The standard InChI is InChI=1S/C12H12BrF3N2O/c13-8-2-1-3-9(6-8)18-10(19)11(12(14,15)16)4-5-17-7-11/h1-3,6,17H,4-5,7H2,(H,18,19). The molecule has 1 fully saturated rings. The zero-order chi connectivity index (χ0) is 14.1. The first-order valence-electron chi connectivity index (χ1n) is 5.70. The fourth-order valence-corrected chi connectivity index (χ4v) is 2.47. The molecule has 0 spiro atoms. The lowest BCUT2D eigenvalue weighted by molar-refractivity contribution is -0.213. The van der Waals surface area contributed by atoms with Gasteiger partial charge in [0.1, 0.15) is 0 Å².